The van der Waals surface area contributed by atoms with Gasteiger partial charge in [0.1, 0.15) is 0 Å². The van der Waals surface area contributed by atoms with Gasteiger partial charge < -0.3 is 10.4 Å². The van der Waals surface area contributed by atoms with E-state index in [-0.39, 0.29) is 0 Å². The number of hydrogen-bond donors (Lipinski definition) is 2. The first kappa shape index (κ1) is 15.7. The van der Waals surface area contributed by atoms with Crippen molar-refractivity contribution in [3.63, 3.8) is 0 Å². The van der Waals surface area contributed by atoms with E-state index in [2.05, 4.69) is 12.2 Å². The number of aliphatic hydroxyl groups is 1. The maximum absolute atomic E-state index is 12.0. The maximum atomic E-state index is 12.0. The molecule has 2 unspecified atom stereocenters. The highest BCUT2D eigenvalue weighted by Crippen LogP contribution is 2.19. The topological polar surface area (TPSA) is 32.3 Å². The zero-order chi connectivity index (χ0) is 12.6. The molecule has 0 aromatic heterocycles. The fourth-order valence-electron chi connectivity index (χ4n) is 1.48. The van der Waals surface area contributed by atoms with Crippen molar-refractivity contribution in [2.75, 3.05) is 13.1 Å². The summed E-state index contributed by atoms with van der Waals surface area (Å²) in [6.07, 6.45) is -2.59. The minimum Gasteiger partial charge on any atom is -0.382 e. The highest BCUT2D eigenvalue weighted by Gasteiger charge is 2.37. The molecular weight excluding hydrogens is 219 g/mol. The second-order valence-corrected chi connectivity index (χ2v) is 4.13. The minimum absolute atomic E-state index is 0.403. The van der Waals surface area contributed by atoms with Gasteiger partial charge in [-0.25, -0.2) is 0 Å². The summed E-state index contributed by atoms with van der Waals surface area (Å²) in [6.45, 7) is 4.26. The molecule has 98 valence electrons. The summed E-state index contributed by atoms with van der Waals surface area (Å²) >= 11 is 0. The van der Waals surface area contributed by atoms with E-state index in [1.807, 2.05) is 6.92 Å². The summed E-state index contributed by atoms with van der Waals surface area (Å²) in [5.74, 6) is 0.403. The molecular formula is C11H22F3NO. The number of alkyl halides is 3. The van der Waals surface area contributed by atoms with Crippen LogP contribution < -0.4 is 5.32 Å². The van der Waals surface area contributed by atoms with Crippen molar-refractivity contribution in [1.29, 1.82) is 0 Å². The molecule has 0 fully saturated rings. The van der Waals surface area contributed by atoms with Gasteiger partial charge in [0.2, 0.25) is 0 Å². The first-order valence-corrected chi connectivity index (χ1v) is 5.87. The van der Waals surface area contributed by atoms with Crippen LogP contribution in [-0.4, -0.2) is 30.5 Å². The third kappa shape index (κ3) is 7.06. The lowest BCUT2D eigenvalue weighted by Gasteiger charge is -2.18. The summed E-state index contributed by atoms with van der Waals surface area (Å²) in [7, 11) is 0. The highest BCUT2D eigenvalue weighted by atomic mass is 19.4. The van der Waals surface area contributed by atoms with Gasteiger partial charge in [-0.15, -0.1) is 0 Å². The molecule has 0 aliphatic carbocycles. The van der Waals surface area contributed by atoms with E-state index < -0.39 is 18.8 Å². The number of nitrogens with one attached hydrogen (secondary N) is 1. The molecule has 0 saturated carbocycles. The summed E-state index contributed by atoms with van der Waals surface area (Å²) in [6, 6.07) is 0. The molecule has 0 heterocycles. The fraction of sp³-hybridized carbons (Fsp3) is 1.00. The molecule has 0 radical (unpaired) electrons. The predicted octanol–water partition coefficient (Wildman–Crippen LogP) is 2.72. The Hall–Kier alpha value is -0.290. The van der Waals surface area contributed by atoms with Crippen molar-refractivity contribution < 1.29 is 18.3 Å². The van der Waals surface area contributed by atoms with E-state index in [9.17, 15) is 13.2 Å². The van der Waals surface area contributed by atoms with Gasteiger partial charge in [-0.3, -0.25) is 0 Å². The van der Waals surface area contributed by atoms with Gasteiger partial charge in [0.25, 0.3) is 0 Å². The average Bonchev–Trinajstić information content (AvgIpc) is 2.21. The largest absolute Gasteiger partial charge is 0.415 e. The molecule has 2 atom stereocenters. The van der Waals surface area contributed by atoms with E-state index in [1.54, 1.807) is 0 Å². The van der Waals surface area contributed by atoms with Crippen molar-refractivity contribution in [3.05, 3.63) is 0 Å². The van der Waals surface area contributed by atoms with Gasteiger partial charge in [0.05, 0.1) is 0 Å². The fourth-order valence-corrected chi connectivity index (χ4v) is 1.48. The van der Waals surface area contributed by atoms with E-state index in [0.717, 1.165) is 25.7 Å². The lowest BCUT2D eigenvalue weighted by atomic mass is 9.99. The van der Waals surface area contributed by atoms with Gasteiger partial charge in [-0.1, -0.05) is 33.1 Å². The third-order valence-corrected chi connectivity index (χ3v) is 2.69. The number of rotatable bonds is 8. The van der Waals surface area contributed by atoms with Gasteiger partial charge in [0.15, 0.2) is 6.10 Å². The molecule has 0 aromatic rings. The van der Waals surface area contributed by atoms with Crippen LogP contribution >= 0.6 is 0 Å². The summed E-state index contributed by atoms with van der Waals surface area (Å²) in [5, 5.41) is 11.4. The van der Waals surface area contributed by atoms with E-state index in [4.69, 9.17) is 5.11 Å². The molecule has 0 rings (SSSR count). The Kier molecular flexibility index (Phi) is 7.76. The molecule has 0 aliphatic heterocycles. The second kappa shape index (κ2) is 7.90. The van der Waals surface area contributed by atoms with Crippen LogP contribution in [0, 0.1) is 5.92 Å². The van der Waals surface area contributed by atoms with Gasteiger partial charge >= 0.3 is 6.18 Å². The predicted molar refractivity (Wildman–Crippen MR) is 58.2 cm³/mol. The molecule has 0 saturated heterocycles. The van der Waals surface area contributed by atoms with Crippen molar-refractivity contribution in [3.8, 4) is 0 Å². The van der Waals surface area contributed by atoms with Crippen LogP contribution in [0.4, 0.5) is 13.2 Å². The molecule has 0 aromatic carbocycles. The second-order valence-electron chi connectivity index (χ2n) is 4.13. The quantitative estimate of drug-likeness (QED) is 0.685. The Balaban J connectivity index is 3.69. The monoisotopic (exact) mass is 241 g/mol. The van der Waals surface area contributed by atoms with Crippen LogP contribution in [0.5, 0.6) is 0 Å². The number of unbranched alkanes of at least 4 members (excludes halogenated alkanes) is 1. The smallest absolute Gasteiger partial charge is 0.382 e. The summed E-state index contributed by atoms with van der Waals surface area (Å²) in [4.78, 5) is 0. The van der Waals surface area contributed by atoms with Crippen LogP contribution in [-0.2, 0) is 0 Å². The van der Waals surface area contributed by atoms with Crippen molar-refractivity contribution >= 4 is 0 Å². The highest BCUT2D eigenvalue weighted by molar-refractivity contribution is 4.69. The Morgan fingerprint density at radius 1 is 1.19 bits per heavy atom. The molecule has 0 bridgehead atoms. The van der Waals surface area contributed by atoms with Gasteiger partial charge in [-0.05, 0) is 18.9 Å². The third-order valence-electron chi connectivity index (χ3n) is 2.69. The Labute approximate surface area is 95.2 Å². The molecule has 16 heavy (non-hydrogen) atoms. The van der Waals surface area contributed by atoms with Gasteiger partial charge in [0, 0.05) is 6.54 Å². The Morgan fingerprint density at radius 2 is 1.81 bits per heavy atom. The van der Waals surface area contributed by atoms with Crippen LogP contribution in [0.25, 0.3) is 0 Å². The van der Waals surface area contributed by atoms with Crippen molar-refractivity contribution in [1.82, 2.24) is 5.32 Å². The first-order chi connectivity index (χ1) is 7.41. The van der Waals surface area contributed by atoms with Crippen LogP contribution in [0.15, 0.2) is 0 Å². The Bertz CT molecular complexity index is 173. The average molecular weight is 241 g/mol. The van der Waals surface area contributed by atoms with E-state index >= 15 is 0 Å². The van der Waals surface area contributed by atoms with Gasteiger partial charge in [-0.2, -0.15) is 13.2 Å². The number of aliphatic hydroxyl groups excluding tert-OH is 1. The first-order valence-electron chi connectivity index (χ1n) is 5.87. The molecule has 0 amide bonds. The van der Waals surface area contributed by atoms with Crippen LogP contribution in [0.2, 0.25) is 0 Å². The maximum Gasteiger partial charge on any atom is 0.415 e. The van der Waals surface area contributed by atoms with Crippen LogP contribution in [0.1, 0.15) is 39.5 Å². The molecule has 5 heteroatoms. The zero-order valence-corrected chi connectivity index (χ0v) is 9.98. The molecule has 2 nitrogen and oxygen atoms in total. The SMILES string of the molecule is CCCCC(CC)CNCC(O)C(F)(F)F. The molecule has 0 aliphatic rings. The zero-order valence-electron chi connectivity index (χ0n) is 9.98. The van der Waals surface area contributed by atoms with E-state index in [1.165, 1.54) is 0 Å². The minimum atomic E-state index is -4.52. The lowest BCUT2D eigenvalue weighted by Crippen LogP contribution is -2.39. The lowest BCUT2D eigenvalue weighted by molar-refractivity contribution is -0.201. The summed E-state index contributed by atoms with van der Waals surface area (Å²) < 4.78 is 35.9. The number of halogens is 3. The summed E-state index contributed by atoms with van der Waals surface area (Å²) in [5.41, 5.74) is 0. The standard InChI is InChI=1S/C11H22F3NO/c1-3-5-6-9(4-2)7-15-8-10(16)11(12,13)14/h9-10,15-16H,3-8H2,1-2H3. The van der Waals surface area contributed by atoms with Crippen molar-refractivity contribution in [2.45, 2.75) is 51.8 Å². The Morgan fingerprint density at radius 3 is 2.25 bits per heavy atom. The van der Waals surface area contributed by atoms with E-state index in [0.29, 0.717) is 12.5 Å². The van der Waals surface area contributed by atoms with Crippen molar-refractivity contribution in [2.24, 2.45) is 5.92 Å². The number of hydrogen-bond acceptors (Lipinski definition) is 2. The molecule has 2 N–H and O–H groups in total. The van der Waals surface area contributed by atoms with Crippen LogP contribution in [0.3, 0.4) is 0 Å². The normalized spacial score (nSPS) is 16.1. The molecule has 0 spiro atoms.